The molecule has 2 heteroatoms. The highest BCUT2D eigenvalue weighted by Crippen LogP contribution is 2.38. The minimum atomic E-state index is -0.846. The summed E-state index contributed by atoms with van der Waals surface area (Å²) in [7, 11) is 1.67. The lowest BCUT2D eigenvalue weighted by molar-refractivity contribution is 0.0755. The number of hydrogen-bond acceptors (Lipinski definition) is 2. The summed E-state index contributed by atoms with van der Waals surface area (Å²) in [4.78, 5) is 0. The van der Waals surface area contributed by atoms with Crippen LogP contribution in [0.25, 0.3) is 0 Å². The van der Waals surface area contributed by atoms with Crippen LogP contribution >= 0.6 is 0 Å². The van der Waals surface area contributed by atoms with E-state index in [9.17, 15) is 5.11 Å². The van der Waals surface area contributed by atoms with E-state index in [4.69, 9.17) is 4.74 Å². The van der Waals surface area contributed by atoms with Gasteiger partial charge < -0.3 is 9.84 Å². The van der Waals surface area contributed by atoms with Gasteiger partial charge in [-0.1, -0.05) is 6.92 Å². The zero-order chi connectivity index (χ0) is 12.6. The third kappa shape index (κ3) is 2.32. The standard InChI is InChI=1S/C15H22O2/c1-10-6-5-7-11-8-13(15(2,3)16)14(17-4)9-12(10)11/h8-10,16H,5-7H2,1-4H3/t10-/m0/s1. The van der Waals surface area contributed by atoms with E-state index in [-0.39, 0.29) is 0 Å². The lowest BCUT2D eigenvalue weighted by atomic mass is 9.81. The van der Waals surface area contributed by atoms with Crippen molar-refractivity contribution in [1.82, 2.24) is 0 Å². The summed E-state index contributed by atoms with van der Waals surface area (Å²) in [5, 5.41) is 10.2. The van der Waals surface area contributed by atoms with Crippen LogP contribution in [0, 0.1) is 0 Å². The van der Waals surface area contributed by atoms with Crippen LogP contribution in [0.4, 0.5) is 0 Å². The number of aryl methyl sites for hydroxylation is 1. The van der Waals surface area contributed by atoms with E-state index in [1.807, 2.05) is 13.8 Å². The average molecular weight is 234 g/mol. The third-order valence-corrected chi connectivity index (χ3v) is 3.73. The molecule has 1 aliphatic rings. The number of benzene rings is 1. The van der Waals surface area contributed by atoms with E-state index in [0.29, 0.717) is 5.92 Å². The molecule has 1 aromatic carbocycles. The van der Waals surface area contributed by atoms with Gasteiger partial charge in [-0.15, -0.1) is 0 Å². The van der Waals surface area contributed by atoms with E-state index in [1.54, 1.807) is 7.11 Å². The van der Waals surface area contributed by atoms with Gasteiger partial charge in [0.15, 0.2) is 0 Å². The first-order chi connectivity index (χ1) is 7.93. The van der Waals surface area contributed by atoms with E-state index in [1.165, 1.54) is 24.0 Å². The predicted octanol–water partition coefficient (Wildman–Crippen LogP) is 3.36. The van der Waals surface area contributed by atoms with Gasteiger partial charge in [0.1, 0.15) is 5.75 Å². The fourth-order valence-electron chi connectivity index (χ4n) is 2.72. The Morgan fingerprint density at radius 2 is 2.06 bits per heavy atom. The van der Waals surface area contributed by atoms with E-state index in [0.717, 1.165) is 17.7 Å². The van der Waals surface area contributed by atoms with Gasteiger partial charge in [-0.05, 0) is 62.3 Å². The number of methoxy groups -OCH3 is 1. The Balaban J connectivity index is 2.56. The Kier molecular flexibility index (Phi) is 3.17. The number of rotatable bonds is 2. The monoisotopic (exact) mass is 234 g/mol. The van der Waals surface area contributed by atoms with Crippen molar-refractivity contribution in [2.24, 2.45) is 0 Å². The molecule has 0 amide bonds. The highest BCUT2D eigenvalue weighted by molar-refractivity contribution is 5.47. The maximum Gasteiger partial charge on any atom is 0.125 e. The first-order valence-electron chi connectivity index (χ1n) is 6.37. The predicted molar refractivity (Wildman–Crippen MR) is 69.6 cm³/mol. The maximum absolute atomic E-state index is 10.2. The summed E-state index contributed by atoms with van der Waals surface area (Å²) < 4.78 is 5.43. The Hall–Kier alpha value is -1.02. The Bertz CT molecular complexity index is 416. The molecule has 0 heterocycles. The lowest BCUT2D eigenvalue weighted by Gasteiger charge is -2.28. The van der Waals surface area contributed by atoms with Crippen LogP contribution in [0.2, 0.25) is 0 Å². The summed E-state index contributed by atoms with van der Waals surface area (Å²) in [6, 6.07) is 4.25. The Morgan fingerprint density at radius 1 is 1.35 bits per heavy atom. The Labute approximate surface area is 104 Å². The molecule has 2 nitrogen and oxygen atoms in total. The number of hydrogen-bond donors (Lipinski definition) is 1. The van der Waals surface area contributed by atoms with Gasteiger partial charge in [0.05, 0.1) is 12.7 Å². The second kappa shape index (κ2) is 4.34. The van der Waals surface area contributed by atoms with Gasteiger partial charge in [-0.2, -0.15) is 0 Å². The van der Waals surface area contributed by atoms with E-state index in [2.05, 4.69) is 19.1 Å². The molecular formula is C15H22O2. The first-order valence-corrected chi connectivity index (χ1v) is 6.37. The van der Waals surface area contributed by atoms with Gasteiger partial charge >= 0.3 is 0 Å². The summed E-state index contributed by atoms with van der Waals surface area (Å²) >= 11 is 0. The van der Waals surface area contributed by atoms with Gasteiger partial charge in [0, 0.05) is 5.56 Å². The molecule has 1 aromatic rings. The average Bonchev–Trinajstić information content (AvgIpc) is 2.27. The fraction of sp³-hybridized carbons (Fsp3) is 0.600. The summed E-state index contributed by atoms with van der Waals surface area (Å²) in [5.74, 6) is 1.41. The number of fused-ring (bicyclic) bond motifs is 1. The first kappa shape index (κ1) is 12.4. The molecule has 0 saturated heterocycles. The molecule has 0 aromatic heterocycles. The van der Waals surface area contributed by atoms with Crippen LogP contribution in [-0.2, 0) is 12.0 Å². The van der Waals surface area contributed by atoms with Crippen molar-refractivity contribution in [3.63, 3.8) is 0 Å². The summed E-state index contributed by atoms with van der Waals surface area (Å²) in [6.07, 6.45) is 3.61. The number of aliphatic hydroxyl groups is 1. The second-order valence-corrected chi connectivity index (χ2v) is 5.60. The van der Waals surface area contributed by atoms with Crippen molar-refractivity contribution >= 4 is 0 Å². The molecule has 0 fully saturated rings. The van der Waals surface area contributed by atoms with Gasteiger partial charge in [-0.25, -0.2) is 0 Å². The van der Waals surface area contributed by atoms with Crippen LogP contribution in [0.3, 0.4) is 0 Å². The number of ether oxygens (including phenoxy) is 1. The minimum Gasteiger partial charge on any atom is -0.496 e. The van der Waals surface area contributed by atoms with Crippen molar-refractivity contribution < 1.29 is 9.84 Å². The third-order valence-electron chi connectivity index (χ3n) is 3.73. The van der Waals surface area contributed by atoms with Crippen LogP contribution in [-0.4, -0.2) is 12.2 Å². The van der Waals surface area contributed by atoms with Crippen LogP contribution < -0.4 is 4.74 Å². The molecule has 2 rings (SSSR count). The molecule has 0 saturated carbocycles. The van der Waals surface area contributed by atoms with Crippen molar-refractivity contribution in [3.8, 4) is 5.75 Å². The molecule has 17 heavy (non-hydrogen) atoms. The molecule has 0 spiro atoms. The van der Waals surface area contributed by atoms with Crippen molar-refractivity contribution in [3.05, 3.63) is 28.8 Å². The molecule has 1 aliphatic carbocycles. The van der Waals surface area contributed by atoms with E-state index < -0.39 is 5.60 Å². The highest BCUT2D eigenvalue weighted by Gasteiger charge is 2.25. The topological polar surface area (TPSA) is 29.5 Å². The normalized spacial score (nSPS) is 19.9. The van der Waals surface area contributed by atoms with Gasteiger partial charge in [-0.3, -0.25) is 0 Å². The molecular weight excluding hydrogens is 212 g/mol. The minimum absolute atomic E-state index is 0.600. The summed E-state index contributed by atoms with van der Waals surface area (Å²) in [6.45, 7) is 5.88. The molecule has 0 bridgehead atoms. The largest absolute Gasteiger partial charge is 0.496 e. The molecule has 0 unspecified atom stereocenters. The van der Waals surface area contributed by atoms with Crippen LogP contribution in [0.15, 0.2) is 12.1 Å². The maximum atomic E-state index is 10.2. The molecule has 0 radical (unpaired) electrons. The zero-order valence-electron chi connectivity index (χ0n) is 11.2. The SMILES string of the molecule is COc1cc2c(cc1C(C)(C)O)CCC[C@@H]2C. The molecule has 94 valence electrons. The van der Waals surface area contributed by atoms with Crippen LogP contribution in [0.1, 0.15) is 56.2 Å². The van der Waals surface area contributed by atoms with Gasteiger partial charge in [0.2, 0.25) is 0 Å². The fourth-order valence-corrected chi connectivity index (χ4v) is 2.72. The second-order valence-electron chi connectivity index (χ2n) is 5.60. The molecule has 0 aliphatic heterocycles. The highest BCUT2D eigenvalue weighted by atomic mass is 16.5. The Morgan fingerprint density at radius 3 is 2.65 bits per heavy atom. The van der Waals surface area contributed by atoms with Crippen molar-refractivity contribution in [2.75, 3.05) is 7.11 Å². The van der Waals surface area contributed by atoms with Crippen molar-refractivity contribution in [2.45, 2.75) is 51.6 Å². The molecule has 1 N–H and O–H groups in total. The van der Waals surface area contributed by atoms with Gasteiger partial charge in [0.25, 0.3) is 0 Å². The summed E-state index contributed by atoms with van der Waals surface area (Å²) in [5.41, 5.74) is 2.82. The quantitative estimate of drug-likeness (QED) is 0.850. The lowest BCUT2D eigenvalue weighted by Crippen LogP contribution is -2.19. The molecule has 1 atom stereocenters. The van der Waals surface area contributed by atoms with E-state index >= 15 is 0 Å². The zero-order valence-corrected chi connectivity index (χ0v) is 11.2. The van der Waals surface area contributed by atoms with Crippen LogP contribution in [0.5, 0.6) is 5.75 Å². The van der Waals surface area contributed by atoms with Crippen molar-refractivity contribution in [1.29, 1.82) is 0 Å². The smallest absolute Gasteiger partial charge is 0.125 e.